The van der Waals surface area contributed by atoms with Gasteiger partial charge in [0, 0.05) is 17.1 Å². The van der Waals surface area contributed by atoms with Crippen molar-refractivity contribution in [3.63, 3.8) is 0 Å². The van der Waals surface area contributed by atoms with E-state index < -0.39 is 29.3 Å². The van der Waals surface area contributed by atoms with Gasteiger partial charge in [-0.25, -0.2) is 0 Å². The molecular weight excluding hydrogens is 384 g/mol. The van der Waals surface area contributed by atoms with Crippen LogP contribution in [0.3, 0.4) is 0 Å². The molecule has 2 fully saturated rings. The molecule has 0 radical (unpaired) electrons. The first-order valence-electron chi connectivity index (χ1n) is 9.42. The molecule has 1 aromatic rings. The summed E-state index contributed by atoms with van der Waals surface area (Å²) in [7, 11) is 0. The summed E-state index contributed by atoms with van der Waals surface area (Å²) in [4.78, 5) is 52.4. The Bertz CT molecular complexity index is 904. The number of nitrogens with one attached hydrogen (secondary N) is 1. The van der Waals surface area contributed by atoms with E-state index in [-0.39, 0.29) is 24.1 Å². The van der Waals surface area contributed by atoms with E-state index in [2.05, 4.69) is 5.32 Å². The SMILES string of the molecule is CCCCN1C(=O)[C@@H]2[C@H](CC(N)=O)[NH2+][C@]3(C(=O)Nc4ccc(Cl)cc43)[C@@H]2C1=O. The molecule has 28 heavy (non-hydrogen) atoms. The number of unbranched alkanes of at least 4 members (excludes halogenated alkanes) is 1. The fourth-order valence-corrected chi connectivity index (χ4v) is 5.12. The fourth-order valence-electron chi connectivity index (χ4n) is 4.95. The average Bonchev–Trinajstić information content (AvgIpc) is 3.19. The number of carbonyl (C=O) groups excluding carboxylic acids is 4. The number of hydrogen-bond acceptors (Lipinski definition) is 4. The third-order valence-electron chi connectivity index (χ3n) is 6.09. The molecule has 1 aromatic carbocycles. The lowest BCUT2D eigenvalue weighted by Gasteiger charge is -2.26. The van der Waals surface area contributed by atoms with Crippen LogP contribution in [0.1, 0.15) is 31.7 Å². The zero-order valence-electron chi connectivity index (χ0n) is 15.4. The Hall–Kier alpha value is -2.45. The van der Waals surface area contributed by atoms with Gasteiger partial charge in [0.05, 0.1) is 12.1 Å². The Kier molecular flexibility index (Phi) is 4.43. The Morgan fingerprint density at radius 3 is 2.75 bits per heavy atom. The molecular formula is C19H22ClN4O4+. The Morgan fingerprint density at radius 1 is 1.32 bits per heavy atom. The van der Waals surface area contributed by atoms with Gasteiger partial charge in [0.15, 0.2) is 0 Å². The van der Waals surface area contributed by atoms with Crippen LogP contribution in [0.5, 0.6) is 0 Å². The summed E-state index contributed by atoms with van der Waals surface area (Å²) in [6, 6.07) is 4.41. The molecule has 4 rings (SSSR count). The molecule has 3 heterocycles. The summed E-state index contributed by atoms with van der Waals surface area (Å²) in [6.07, 6.45) is 1.42. The van der Waals surface area contributed by atoms with E-state index in [1.165, 1.54) is 4.90 Å². The molecule has 148 valence electrons. The van der Waals surface area contributed by atoms with Gasteiger partial charge >= 0.3 is 0 Å². The maximum absolute atomic E-state index is 13.3. The van der Waals surface area contributed by atoms with Crippen molar-refractivity contribution in [1.82, 2.24) is 4.90 Å². The Balaban J connectivity index is 1.85. The minimum absolute atomic E-state index is 0.0905. The predicted molar refractivity (Wildman–Crippen MR) is 99.9 cm³/mol. The monoisotopic (exact) mass is 405 g/mol. The minimum Gasteiger partial charge on any atom is -0.369 e. The van der Waals surface area contributed by atoms with Gasteiger partial charge in [0.2, 0.25) is 23.3 Å². The van der Waals surface area contributed by atoms with Crippen LogP contribution in [-0.2, 0) is 24.7 Å². The molecule has 4 atom stereocenters. The number of likely N-dealkylation sites (tertiary alicyclic amines) is 1. The van der Waals surface area contributed by atoms with Crippen LogP contribution in [0, 0.1) is 11.8 Å². The zero-order chi connectivity index (χ0) is 20.2. The molecule has 2 saturated heterocycles. The molecule has 4 amide bonds. The highest BCUT2D eigenvalue weighted by Crippen LogP contribution is 2.49. The van der Waals surface area contributed by atoms with Gasteiger partial charge in [-0.15, -0.1) is 0 Å². The molecule has 5 N–H and O–H groups in total. The number of primary amides is 1. The summed E-state index contributed by atoms with van der Waals surface area (Å²) >= 11 is 6.17. The van der Waals surface area contributed by atoms with Crippen LogP contribution in [0.2, 0.25) is 5.02 Å². The van der Waals surface area contributed by atoms with Gasteiger partial charge in [-0.05, 0) is 24.6 Å². The number of benzene rings is 1. The van der Waals surface area contributed by atoms with Crippen LogP contribution in [0.4, 0.5) is 5.69 Å². The number of quaternary nitrogens is 1. The topological polar surface area (TPSA) is 126 Å². The molecule has 3 aliphatic heterocycles. The van der Waals surface area contributed by atoms with Crippen molar-refractivity contribution in [2.24, 2.45) is 17.6 Å². The molecule has 0 unspecified atom stereocenters. The lowest BCUT2D eigenvalue weighted by Crippen LogP contribution is -2.99. The van der Waals surface area contributed by atoms with Crippen LogP contribution in [0.25, 0.3) is 0 Å². The minimum atomic E-state index is -1.32. The molecule has 3 aliphatic rings. The van der Waals surface area contributed by atoms with Gasteiger partial charge in [-0.1, -0.05) is 24.9 Å². The van der Waals surface area contributed by atoms with E-state index in [0.29, 0.717) is 29.2 Å². The first-order valence-corrected chi connectivity index (χ1v) is 9.80. The second-order valence-corrected chi connectivity index (χ2v) is 8.14. The number of fused-ring (bicyclic) bond motifs is 4. The van der Waals surface area contributed by atoms with Gasteiger partial charge in [-0.3, -0.25) is 24.1 Å². The van der Waals surface area contributed by atoms with E-state index in [1.807, 2.05) is 6.92 Å². The van der Waals surface area contributed by atoms with E-state index in [0.717, 1.165) is 6.42 Å². The van der Waals surface area contributed by atoms with Crippen molar-refractivity contribution in [3.8, 4) is 0 Å². The number of hydrogen-bond donors (Lipinski definition) is 3. The number of rotatable bonds is 5. The Morgan fingerprint density at radius 2 is 2.07 bits per heavy atom. The number of nitrogens with two attached hydrogens (primary N) is 2. The van der Waals surface area contributed by atoms with Crippen molar-refractivity contribution in [1.29, 1.82) is 0 Å². The van der Waals surface area contributed by atoms with E-state index in [1.54, 1.807) is 23.5 Å². The number of halogens is 1. The third-order valence-corrected chi connectivity index (χ3v) is 6.33. The largest absolute Gasteiger partial charge is 0.369 e. The smallest absolute Gasteiger partial charge is 0.291 e. The summed E-state index contributed by atoms with van der Waals surface area (Å²) < 4.78 is 0. The van der Waals surface area contributed by atoms with Gasteiger partial charge in [-0.2, -0.15) is 0 Å². The maximum atomic E-state index is 13.3. The number of imide groups is 1. The lowest BCUT2D eigenvalue weighted by atomic mass is 9.76. The van der Waals surface area contributed by atoms with Crippen LogP contribution >= 0.6 is 11.6 Å². The highest BCUT2D eigenvalue weighted by Gasteiger charge is 2.74. The summed E-state index contributed by atoms with van der Waals surface area (Å²) in [5, 5.41) is 4.92. The maximum Gasteiger partial charge on any atom is 0.291 e. The van der Waals surface area contributed by atoms with Gasteiger partial charge in [0.25, 0.3) is 5.91 Å². The highest BCUT2D eigenvalue weighted by molar-refractivity contribution is 6.31. The second-order valence-electron chi connectivity index (χ2n) is 7.70. The molecule has 0 saturated carbocycles. The molecule has 9 heteroatoms. The van der Waals surface area contributed by atoms with E-state index in [9.17, 15) is 19.2 Å². The van der Waals surface area contributed by atoms with Crippen LogP contribution in [-0.4, -0.2) is 41.1 Å². The first kappa shape index (κ1) is 18.9. The summed E-state index contributed by atoms with van der Waals surface area (Å²) in [6.45, 7) is 2.28. The standard InChI is InChI=1S/C19H21ClN4O4/c1-2-3-6-24-16(26)14-12(8-13(21)25)23-19(15(14)17(24)27)10-7-9(20)4-5-11(10)22-18(19)28/h4-5,7,12,14-15,23H,2-3,6,8H2,1H3,(H2,21,25)(H,22,28)/p+1/t12-,14+,15-,19-/m0/s1. The van der Waals surface area contributed by atoms with Crippen molar-refractivity contribution >= 4 is 40.9 Å². The van der Waals surface area contributed by atoms with Crippen molar-refractivity contribution in [3.05, 3.63) is 28.8 Å². The molecule has 0 aliphatic carbocycles. The lowest BCUT2D eigenvalue weighted by molar-refractivity contribution is -0.732. The molecule has 0 bridgehead atoms. The number of carbonyl (C=O) groups is 4. The number of anilines is 1. The van der Waals surface area contributed by atoms with Crippen LogP contribution in [0.15, 0.2) is 18.2 Å². The second kappa shape index (κ2) is 6.56. The number of nitrogens with zero attached hydrogens (tertiary/aromatic N) is 1. The van der Waals surface area contributed by atoms with E-state index in [4.69, 9.17) is 17.3 Å². The third kappa shape index (κ3) is 2.48. The summed E-state index contributed by atoms with van der Waals surface area (Å²) in [5.41, 5.74) is 5.22. The number of amides is 4. The highest BCUT2D eigenvalue weighted by atomic mass is 35.5. The quantitative estimate of drug-likeness (QED) is 0.582. The molecule has 1 spiro atoms. The zero-order valence-corrected chi connectivity index (χ0v) is 16.2. The van der Waals surface area contributed by atoms with Gasteiger partial charge < -0.3 is 16.4 Å². The molecule has 0 aromatic heterocycles. The van der Waals surface area contributed by atoms with Crippen LogP contribution < -0.4 is 16.4 Å². The predicted octanol–water partition coefficient (Wildman–Crippen LogP) is -0.290. The Labute approximate surface area is 166 Å². The van der Waals surface area contributed by atoms with Crippen molar-refractivity contribution in [2.75, 3.05) is 11.9 Å². The first-order chi connectivity index (χ1) is 13.3. The average molecular weight is 406 g/mol. The van der Waals surface area contributed by atoms with Gasteiger partial charge in [0.1, 0.15) is 17.9 Å². The van der Waals surface area contributed by atoms with Crippen molar-refractivity contribution < 1.29 is 24.5 Å². The molecule has 8 nitrogen and oxygen atoms in total. The summed E-state index contributed by atoms with van der Waals surface area (Å²) in [5.74, 6) is -3.30. The van der Waals surface area contributed by atoms with Crippen molar-refractivity contribution in [2.45, 2.75) is 37.8 Å². The fraction of sp³-hybridized carbons (Fsp3) is 0.474. The normalized spacial score (nSPS) is 30.7. The van der Waals surface area contributed by atoms with E-state index >= 15 is 0 Å².